The first kappa shape index (κ1) is 21.6. The second-order valence-corrected chi connectivity index (χ2v) is 8.11. The molecule has 0 aliphatic carbocycles. The van der Waals surface area contributed by atoms with E-state index in [4.69, 9.17) is 23.2 Å². The van der Waals surface area contributed by atoms with Gasteiger partial charge in [0.15, 0.2) is 0 Å². The van der Waals surface area contributed by atoms with Gasteiger partial charge in [0.05, 0.1) is 5.02 Å². The molecular weight excluding hydrogens is 416 g/mol. The Balaban J connectivity index is 1.83. The van der Waals surface area contributed by atoms with Gasteiger partial charge in [0.2, 0.25) is 11.8 Å². The van der Waals surface area contributed by atoms with Crippen LogP contribution in [0.4, 0.5) is 4.39 Å². The molecule has 1 fully saturated rings. The molecule has 2 atom stereocenters. The lowest BCUT2D eigenvalue weighted by molar-refractivity contribution is -0.125. The van der Waals surface area contributed by atoms with E-state index in [1.807, 2.05) is 26.0 Å². The smallest absolute Gasteiger partial charge is 0.223 e. The number of halogens is 3. The van der Waals surface area contributed by atoms with Crippen LogP contribution in [0.15, 0.2) is 36.4 Å². The first-order valence-electron chi connectivity index (χ1n) is 9.31. The topological polar surface area (TPSA) is 70.2 Å². The Hall–Kier alpha value is -2.15. The zero-order valence-electron chi connectivity index (χ0n) is 16.1. The second kappa shape index (κ2) is 9.11. The first-order chi connectivity index (χ1) is 13.8. The predicted octanol–water partition coefficient (Wildman–Crippen LogP) is 4.25. The number of amides is 2. The fourth-order valence-corrected chi connectivity index (χ4v) is 3.59. The average Bonchev–Trinajstić information content (AvgIpc) is 2.68. The van der Waals surface area contributed by atoms with E-state index in [1.165, 1.54) is 6.07 Å². The molecule has 2 amide bonds. The molecule has 29 heavy (non-hydrogen) atoms. The highest BCUT2D eigenvalue weighted by molar-refractivity contribution is 6.31. The fraction of sp³-hybridized carbons (Fsp3) is 0.333. The van der Waals surface area contributed by atoms with Crippen molar-refractivity contribution in [2.24, 2.45) is 5.92 Å². The molecular formula is C21H22Cl2FN3O2. The highest BCUT2D eigenvalue weighted by atomic mass is 35.5. The molecule has 0 saturated carbocycles. The molecule has 1 heterocycles. The predicted molar refractivity (Wildman–Crippen MR) is 111 cm³/mol. The van der Waals surface area contributed by atoms with E-state index in [-0.39, 0.29) is 29.2 Å². The number of hydrogen-bond acceptors (Lipinski definition) is 3. The summed E-state index contributed by atoms with van der Waals surface area (Å²) in [6, 6.07) is 9.51. The molecule has 3 rings (SSSR count). The van der Waals surface area contributed by atoms with Crippen LogP contribution in [0.5, 0.6) is 0 Å². The number of carbonyl (C=O) groups excluding carboxylic acids is 2. The average molecular weight is 438 g/mol. The molecule has 1 saturated heterocycles. The van der Waals surface area contributed by atoms with Crippen LogP contribution in [0.3, 0.4) is 0 Å². The second-order valence-electron chi connectivity index (χ2n) is 7.30. The molecule has 0 spiro atoms. The Bertz CT molecular complexity index is 936. The summed E-state index contributed by atoms with van der Waals surface area (Å²) in [5.41, 5.74) is 1.81. The Morgan fingerprint density at radius 2 is 1.97 bits per heavy atom. The van der Waals surface area contributed by atoms with Crippen LogP contribution in [0, 0.1) is 11.7 Å². The van der Waals surface area contributed by atoms with Gasteiger partial charge in [-0.2, -0.15) is 0 Å². The summed E-state index contributed by atoms with van der Waals surface area (Å²) in [6.07, 6.45) is -0.525. The van der Waals surface area contributed by atoms with Gasteiger partial charge in [-0.3, -0.25) is 14.9 Å². The van der Waals surface area contributed by atoms with E-state index < -0.39 is 18.0 Å². The largest absolute Gasteiger partial charge is 0.352 e. The Morgan fingerprint density at radius 1 is 1.21 bits per heavy atom. The SMILES string of the molecule is CC(C)C(=O)NCc1ccc(Cl)c(C2NC(=O)CC(c3cccc(Cl)c3F)N2)c1. The van der Waals surface area contributed by atoms with Gasteiger partial charge in [0, 0.05) is 41.1 Å². The van der Waals surface area contributed by atoms with Crippen molar-refractivity contribution in [1.82, 2.24) is 16.0 Å². The number of rotatable bonds is 5. The van der Waals surface area contributed by atoms with Crippen LogP contribution in [-0.2, 0) is 16.1 Å². The zero-order valence-corrected chi connectivity index (χ0v) is 17.6. The Kier molecular flexibility index (Phi) is 6.77. The van der Waals surface area contributed by atoms with Crippen molar-refractivity contribution in [3.63, 3.8) is 0 Å². The third-order valence-corrected chi connectivity index (χ3v) is 5.42. The molecule has 2 aromatic carbocycles. The number of carbonyl (C=O) groups is 2. The highest BCUT2D eigenvalue weighted by Gasteiger charge is 2.31. The van der Waals surface area contributed by atoms with Gasteiger partial charge in [0.1, 0.15) is 12.0 Å². The van der Waals surface area contributed by atoms with Crippen molar-refractivity contribution in [1.29, 1.82) is 0 Å². The van der Waals surface area contributed by atoms with Crippen molar-refractivity contribution in [3.05, 3.63) is 69.0 Å². The molecule has 1 aliphatic rings. The molecule has 8 heteroatoms. The molecule has 5 nitrogen and oxygen atoms in total. The molecule has 0 bridgehead atoms. The number of benzene rings is 2. The van der Waals surface area contributed by atoms with E-state index in [1.54, 1.807) is 18.2 Å². The van der Waals surface area contributed by atoms with Gasteiger partial charge < -0.3 is 10.6 Å². The van der Waals surface area contributed by atoms with Crippen LogP contribution < -0.4 is 16.0 Å². The lowest BCUT2D eigenvalue weighted by Crippen LogP contribution is -2.47. The fourth-order valence-electron chi connectivity index (χ4n) is 3.18. The van der Waals surface area contributed by atoms with E-state index in [0.717, 1.165) is 5.56 Å². The summed E-state index contributed by atoms with van der Waals surface area (Å²) in [7, 11) is 0. The molecule has 2 unspecified atom stereocenters. The van der Waals surface area contributed by atoms with Gasteiger partial charge in [-0.25, -0.2) is 4.39 Å². The Labute approximate surface area is 179 Å². The van der Waals surface area contributed by atoms with Crippen LogP contribution in [-0.4, -0.2) is 11.8 Å². The number of nitrogens with one attached hydrogen (secondary N) is 3. The Morgan fingerprint density at radius 3 is 2.69 bits per heavy atom. The maximum absolute atomic E-state index is 14.5. The third-order valence-electron chi connectivity index (χ3n) is 4.78. The van der Waals surface area contributed by atoms with Crippen molar-refractivity contribution in [3.8, 4) is 0 Å². The molecule has 2 aromatic rings. The third kappa shape index (κ3) is 5.07. The molecule has 154 valence electrons. The lowest BCUT2D eigenvalue weighted by atomic mass is 9.98. The minimum absolute atomic E-state index is 0.00718. The quantitative estimate of drug-likeness (QED) is 0.654. The van der Waals surface area contributed by atoms with Crippen molar-refractivity contribution in [2.75, 3.05) is 0 Å². The summed E-state index contributed by atoms with van der Waals surface area (Å²) >= 11 is 12.3. The van der Waals surface area contributed by atoms with E-state index in [0.29, 0.717) is 22.7 Å². The highest BCUT2D eigenvalue weighted by Crippen LogP contribution is 2.32. The lowest BCUT2D eigenvalue weighted by Gasteiger charge is -2.33. The van der Waals surface area contributed by atoms with E-state index >= 15 is 0 Å². The normalized spacial score (nSPS) is 19.2. The molecule has 0 aromatic heterocycles. The van der Waals surface area contributed by atoms with E-state index in [2.05, 4.69) is 16.0 Å². The van der Waals surface area contributed by atoms with Crippen LogP contribution in [0.25, 0.3) is 0 Å². The van der Waals surface area contributed by atoms with Gasteiger partial charge in [-0.1, -0.05) is 55.2 Å². The zero-order chi connectivity index (χ0) is 21.1. The van der Waals surface area contributed by atoms with Crippen LogP contribution >= 0.6 is 23.2 Å². The first-order valence-corrected chi connectivity index (χ1v) is 10.1. The molecule has 0 radical (unpaired) electrons. The van der Waals surface area contributed by atoms with Crippen molar-refractivity contribution >= 4 is 35.0 Å². The van der Waals surface area contributed by atoms with Gasteiger partial charge in [-0.15, -0.1) is 0 Å². The minimum atomic E-state index is -0.604. The maximum atomic E-state index is 14.5. The van der Waals surface area contributed by atoms with E-state index in [9.17, 15) is 14.0 Å². The molecule has 1 aliphatic heterocycles. The van der Waals surface area contributed by atoms with Gasteiger partial charge in [0.25, 0.3) is 0 Å². The summed E-state index contributed by atoms with van der Waals surface area (Å²) in [5, 5.41) is 9.38. The summed E-state index contributed by atoms with van der Waals surface area (Å²) in [6.45, 7) is 3.98. The van der Waals surface area contributed by atoms with Crippen molar-refractivity contribution < 1.29 is 14.0 Å². The summed E-state index contributed by atoms with van der Waals surface area (Å²) in [4.78, 5) is 24.1. The van der Waals surface area contributed by atoms with Gasteiger partial charge >= 0.3 is 0 Å². The molecule has 3 N–H and O–H groups in total. The monoisotopic (exact) mass is 437 g/mol. The maximum Gasteiger partial charge on any atom is 0.223 e. The van der Waals surface area contributed by atoms with Crippen LogP contribution in [0.2, 0.25) is 10.0 Å². The van der Waals surface area contributed by atoms with Crippen molar-refractivity contribution in [2.45, 2.75) is 39.0 Å². The summed E-state index contributed by atoms with van der Waals surface area (Å²) in [5.74, 6) is -0.944. The van der Waals surface area contributed by atoms with Crippen LogP contribution in [0.1, 0.15) is 49.2 Å². The number of hydrogen-bond donors (Lipinski definition) is 3. The standard InChI is InChI=1S/C21H22Cl2FN3O2/c1-11(2)21(29)25-10-12-6-7-15(22)14(8-12)20-26-17(9-18(28)27-20)13-4-3-5-16(23)19(13)24/h3-8,11,17,20,26H,9-10H2,1-2H3,(H,25,29)(H,27,28). The minimum Gasteiger partial charge on any atom is -0.352 e. The summed E-state index contributed by atoms with van der Waals surface area (Å²) < 4.78 is 14.5. The van der Waals surface area contributed by atoms with Gasteiger partial charge in [-0.05, 0) is 23.8 Å².